The van der Waals surface area contributed by atoms with E-state index in [2.05, 4.69) is 13.2 Å². The van der Waals surface area contributed by atoms with Crippen LogP contribution in [0.3, 0.4) is 0 Å². The summed E-state index contributed by atoms with van der Waals surface area (Å²) in [4.78, 5) is 0.982. The van der Waals surface area contributed by atoms with Crippen molar-refractivity contribution in [1.82, 2.24) is 0 Å². The fraction of sp³-hybridized carbons (Fsp3) is 0.143. The zero-order chi connectivity index (χ0) is 12.4. The molecule has 2 rings (SSSR count). The van der Waals surface area contributed by atoms with Crippen molar-refractivity contribution in [3.8, 4) is 0 Å². The molecule has 1 aliphatic heterocycles. The Morgan fingerprint density at radius 1 is 1.18 bits per heavy atom. The molecule has 1 aromatic rings. The van der Waals surface area contributed by atoms with Crippen molar-refractivity contribution >= 4 is 11.8 Å². The van der Waals surface area contributed by atoms with Gasteiger partial charge in [-0.1, -0.05) is 31.4 Å². The Morgan fingerprint density at radius 3 is 2.59 bits per heavy atom. The van der Waals surface area contributed by atoms with Crippen LogP contribution in [-0.2, 0) is 12.2 Å². The van der Waals surface area contributed by atoms with E-state index >= 15 is 0 Å². The maximum atomic E-state index is 13.7. The van der Waals surface area contributed by atoms with Crippen molar-refractivity contribution in [3.63, 3.8) is 0 Å². The lowest BCUT2D eigenvalue weighted by molar-refractivity contribution is 0.501. The van der Waals surface area contributed by atoms with Gasteiger partial charge in [-0.2, -0.15) is 0 Å². The number of hydrogen-bond donors (Lipinski definition) is 0. The number of thioether (sulfide) groups is 1. The van der Waals surface area contributed by atoms with Gasteiger partial charge in [0.25, 0.3) is 0 Å². The van der Waals surface area contributed by atoms with Crippen molar-refractivity contribution in [3.05, 3.63) is 70.7 Å². The lowest BCUT2D eigenvalue weighted by Gasteiger charge is -2.07. The molecule has 0 aliphatic carbocycles. The minimum absolute atomic E-state index is 0.428. The fourth-order valence-corrected chi connectivity index (χ4v) is 2.92. The lowest BCUT2D eigenvalue weighted by Crippen LogP contribution is -1.98. The zero-order valence-electron chi connectivity index (χ0n) is 9.30. The van der Waals surface area contributed by atoms with Crippen molar-refractivity contribution in [1.29, 1.82) is 0 Å². The van der Waals surface area contributed by atoms with Gasteiger partial charge in [-0.3, -0.25) is 0 Å². The van der Waals surface area contributed by atoms with Gasteiger partial charge in [0, 0.05) is 16.2 Å². The first kappa shape index (κ1) is 12.1. The maximum absolute atomic E-state index is 13.7. The van der Waals surface area contributed by atoms with Crippen LogP contribution in [0.2, 0.25) is 0 Å². The van der Waals surface area contributed by atoms with Gasteiger partial charge in [0.15, 0.2) is 11.6 Å². The van der Waals surface area contributed by atoms with E-state index in [1.165, 1.54) is 17.8 Å². The van der Waals surface area contributed by atoms with Crippen LogP contribution in [0.1, 0.15) is 11.1 Å². The van der Waals surface area contributed by atoms with E-state index in [1.807, 2.05) is 0 Å². The normalized spacial score (nSPS) is 15.2. The Labute approximate surface area is 104 Å². The number of benzene rings is 1. The molecule has 0 aromatic heterocycles. The van der Waals surface area contributed by atoms with Gasteiger partial charge in [0.05, 0.1) is 0 Å². The summed E-state index contributed by atoms with van der Waals surface area (Å²) in [5, 5.41) is 0. The Hall–Kier alpha value is -1.35. The highest BCUT2D eigenvalue weighted by Gasteiger charge is 2.18. The SMILES string of the molecule is C=CC1=C(C=C)SCc2c(ccc(F)c2F)C1. The topological polar surface area (TPSA) is 0 Å². The third-order valence-corrected chi connectivity index (χ3v) is 3.97. The predicted octanol–water partition coefficient (Wildman–Crippen LogP) is 4.38. The largest absolute Gasteiger partial charge is 0.204 e. The summed E-state index contributed by atoms with van der Waals surface area (Å²) < 4.78 is 26.8. The van der Waals surface area contributed by atoms with Crippen LogP contribution in [0.4, 0.5) is 8.78 Å². The first-order valence-corrected chi connectivity index (χ1v) is 6.22. The minimum atomic E-state index is -0.786. The molecule has 0 fully saturated rings. The van der Waals surface area contributed by atoms with Crippen LogP contribution in [0.15, 0.2) is 47.9 Å². The molecule has 0 atom stereocenters. The molecule has 3 heteroatoms. The number of hydrogen-bond acceptors (Lipinski definition) is 1. The summed E-state index contributed by atoms with van der Waals surface area (Å²) in [5.74, 6) is -1.09. The second kappa shape index (κ2) is 4.88. The van der Waals surface area contributed by atoms with E-state index in [0.29, 0.717) is 17.7 Å². The third kappa shape index (κ3) is 2.20. The second-order valence-electron chi connectivity index (χ2n) is 3.76. The van der Waals surface area contributed by atoms with Gasteiger partial charge in [-0.05, 0) is 23.6 Å². The van der Waals surface area contributed by atoms with Crippen molar-refractivity contribution < 1.29 is 8.78 Å². The quantitative estimate of drug-likeness (QED) is 0.750. The molecule has 1 aliphatic rings. The van der Waals surface area contributed by atoms with Gasteiger partial charge in [-0.15, -0.1) is 11.8 Å². The predicted molar refractivity (Wildman–Crippen MR) is 68.8 cm³/mol. The molecule has 0 saturated heterocycles. The molecule has 0 saturated carbocycles. The summed E-state index contributed by atoms with van der Waals surface area (Å²) in [6.45, 7) is 7.48. The molecule has 1 heterocycles. The molecule has 0 bridgehead atoms. The zero-order valence-corrected chi connectivity index (χ0v) is 10.1. The summed E-state index contributed by atoms with van der Waals surface area (Å²) in [5.41, 5.74) is 2.28. The molecule has 0 N–H and O–H groups in total. The monoisotopic (exact) mass is 250 g/mol. The molecular weight excluding hydrogens is 238 g/mol. The summed E-state index contributed by atoms with van der Waals surface area (Å²) >= 11 is 1.47. The van der Waals surface area contributed by atoms with E-state index in [-0.39, 0.29) is 0 Å². The highest BCUT2D eigenvalue weighted by Crippen LogP contribution is 2.34. The van der Waals surface area contributed by atoms with Crippen LogP contribution >= 0.6 is 11.8 Å². The number of allylic oxidation sites excluding steroid dienone is 3. The van der Waals surface area contributed by atoms with Gasteiger partial charge in [0.1, 0.15) is 0 Å². The van der Waals surface area contributed by atoms with Crippen LogP contribution in [0.25, 0.3) is 0 Å². The van der Waals surface area contributed by atoms with Crippen LogP contribution in [0, 0.1) is 11.6 Å². The average Bonchev–Trinajstić information content (AvgIpc) is 2.53. The Kier molecular flexibility index (Phi) is 3.48. The highest BCUT2D eigenvalue weighted by molar-refractivity contribution is 8.02. The molecule has 0 radical (unpaired) electrons. The van der Waals surface area contributed by atoms with Crippen molar-refractivity contribution in [2.75, 3.05) is 0 Å². The van der Waals surface area contributed by atoms with Crippen LogP contribution < -0.4 is 0 Å². The maximum Gasteiger partial charge on any atom is 0.163 e. The molecule has 0 spiro atoms. The molecular formula is C14H12F2S. The van der Waals surface area contributed by atoms with Crippen LogP contribution in [0.5, 0.6) is 0 Å². The summed E-state index contributed by atoms with van der Waals surface area (Å²) in [7, 11) is 0. The smallest absolute Gasteiger partial charge is 0.163 e. The Balaban J connectivity index is 2.51. The number of fused-ring (bicyclic) bond motifs is 1. The molecule has 0 nitrogen and oxygen atoms in total. The van der Waals surface area contributed by atoms with Gasteiger partial charge in [-0.25, -0.2) is 8.78 Å². The van der Waals surface area contributed by atoms with E-state index < -0.39 is 11.6 Å². The molecule has 0 unspecified atom stereocenters. The van der Waals surface area contributed by atoms with E-state index in [9.17, 15) is 8.78 Å². The fourth-order valence-electron chi connectivity index (χ4n) is 1.85. The van der Waals surface area contributed by atoms with Crippen LogP contribution in [-0.4, -0.2) is 0 Å². The van der Waals surface area contributed by atoms with E-state index in [4.69, 9.17) is 0 Å². The van der Waals surface area contributed by atoms with E-state index in [0.717, 1.165) is 16.0 Å². The summed E-state index contributed by atoms with van der Waals surface area (Å²) in [6.07, 6.45) is 4.06. The molecule has 88 valence electrons. The molecule has 0 amide bonds. The first-order valence-electron chi connectivity index (χ1n) is 5.24. The van der Waals surface area contributed by atoms with Gasteiger partial charge < -0.3 is 0 Å². The third-order valence-electron chi connectivity index (χ3n) is 2.79. The van der Waals surface area contributed by atoms with Gasteiger partial charge >= 0.3 is 0 Å². The van der Waals surface area contributed by atoms with Crippen molar-refractivity contribution in [2.24, 2.45) is 0 Å². The first-order chi connectivity index (χ1) is 8.17. The number of halogens is 2. The van der Waals surface area contributed by atoms with Gasteiger partial charge in [0.2, 0.25) is 0 Å². The Morgan fingerprint density at radius 2 is 1.94 bits per heavy atom. The lowest BCUT2D eigenvalue weighted by atomic mass is 10.00. The van der Waals surface area contributed by atoms with E-state index in [1.54, 1.807) is 18.2 Å². The highest BCUT2D eigenvalue weighted by atomic mass is 32.2. The van der Waals surface area contributed by atoms with Crippen molar-refractivity contribution in [2.45, 2.75) is 12.2 Å². The average molecular weight is 250 g/mol. The molecule has 1 aromatic carbocycles. The Bertz CT molecular complexity index is 515. The number of rotatable bonds is 2. The summed E-state index contributed by atoms with van der Waals surface area (Å²) in [6, 6.07) is 2.82. The molecule has 17 heavy (non-hydrogen) atoms. The second-order valence-corrected chi connectivity index (χ2v) is 4.78. The standard InChI is InChI=1S/C14H12F2S/c1-3-9-7-10-5-6-12(15)14(16)11(10)8-17-13(9)4-2/h3-6H,1-2,7-8H2. The minimum Gasteiger partial charge on any atom is -0.204 e.